The van der Waals surface area contributed by atoms with Crippen molar-refractivity contribution in [3.8, 4) is 5.75 Å². The number of phenolic OH excluding ortho intramolecular Hbond substituents is 1. The van der Waals surface area contributed by atoms with E-state index in [1.807, 2.05) is 12.2 Å². The van der Waals surface area contributed by atoms with Crippen LogP contribution in [0.5, 0.6) is 5.75 Å². The van der Waals surface area contributed by atoms with Gasteiger partial charge in [-0.1, -0.05) is 18.2 Å². The van der Waals surface area contributed by atoms with Crippen LogP contribution in [0.1, 0.15) is 12.0 Å². The maximum Gasteiger partial charge on any atom is 0.311 e. The molecule has 2 aliphatic carbocycles. The van der Waals surface area contributed by atoms with Gasteiger partial charge < -0.3 is 5.11 Å². The number of phenols is 1. The predicted molar refractivity (Wildman–Crippen MR) is 81.9 cm³/mol. The van der Waals surface area contributed by atoms with Gasteiger partial charge in [0, 0.05) is 11.6 Å². The average Bonchev–Trinajstić information content (AvgIpc) is 3.22. The molecule has 2 amide bonds. The van der Waals surface area contributed by atoms with Crippen LogP contribution in [0.3, 0.4) is 0 Å². The number of hydrazone groups is 1. The number of nitro groups is 1. The summed E-state index contributed by atoms with van der Waals surface area (Å²) in [6.45, 7) is 0. The van der Waals surface area contributed by atoms with Crippen molar-refractivity contribution in [2.24, 2.45) is 28.8 Å². The summed E-state index contributed by atoms with van der Waals surface area (Å²) >= 11 is 0. The summed E-state index contributed by atoms with van der Waals surface area (Å²) in [4.78, 5) is 35.0. The quantitative estimate of drug-likeness (QED) is 0.297. The molecule has 4 atom stereocenters. The Hall–Kier alpha value is -3.03. The lowest BCUT2D eigenvalue weighted by Crippen LogP contribution is -2.28. The molecule has 1 N–H and O–H groups in total. The summed E-state index contributed by atoms with van der Waals surface area (Å²) in [6, 6.07) is 3.97. The first kappa shape index (κ1) is 14.6. The van der Waals surface area contributed by atoms with Crippen LogP contribution < -0.4 is 0 Å². The van der Waals surface area contributed by atoms with E-state index in [1.165, 1.54) is 12.1 Å². The minimum absolute atomic E-state index is 0.0722. The molecule has 2 bridgehead atoms. The molecule has 1 aliphatic heterocycles. The number of nitro benzene ring substituents is 1. The average molecular weight is 327 g/mol. The summed E-state index contributed by atoms with van der Waals surface area (Å²) in [5.74, 6) is -1.78. The molecule has 122 valence electrons. The number of hydrogen-bond donors (Lipinski definition) is 1. The zero-order chi connectivity index (χ0) is 17.0. The van der Waals surface area contributed by atoms with Crippen LogP contribution in [0.2, 0.25) is 0 Å². The van der Waals surface area contributed by atoms with E-state index in [2.05, 4.69) is 5.10 Å². The Morgan fingerprint density at radius 1 is 1.21 bits per heavy atom. The van der Waals surface area contributed by atoms with E-state index in [4.69, 9.17) is 0 Å². The van der Waals surface area contributed by atoms with Crippen molar-refractivity contribution in [3.05, 3.63) is 46.0 Å². The molecule has 24 heavy (non-hydrogen) atoms. The minimum atomic E-state index is -0.716. The largest absolute Gasteiger partial charge is 0.502 e. The molecule has 8 heteroatoms. The molecule has 1 saturated heterocycles. The Balaban J connectivity index is 1.62. The van der Waals surface area contributed by atoms with Gasteiger partial charge in [0.1, 0.15) is 0 Å². The topological polar surface area (TPSA) is 113 Å². The van der Waals surface area contributed by atoms with Crippen molar-refractivity contribution in [2.45, 2.75) is 6.42 Å². The maximum absolute atomic E-state index is 12.5. The van der Waals surface area contributed by atoms with E-state index in [0.717, 1.165) is 23.7 Å². The number of carbonyl (C=O) groups is 2. The summed E-state index contributed by atoms with van der Waals surface area (Å²) in [7, 11) is 0. The first-order valence-corrected chi connectivity index (χ1v) is 7.55. The number of carbonyl (C=O) groups excluding carboxylic acids is 2. The van der Waals surface area contributed by atoms with Crippen LogP contribution in [-0.4, -0.2) is 33.1 Å². The summed E-state index contributed by atoms with van der Waals surface area (Å²) < 4.78 is 0. The molecule has 1 heterocycles. The Bertz CT molecular complexity index is 801. The smallest absolute Gasteiger partial charge is 0.311 e. The van der Waals surface area contributed by atoms with Crippen molar-refractivity contribution in [1.29, 1.82) is 0 Å². The second-order valence-electron chi connectivity index (χ2n) is 6.20. The van der Waals surface area contributed by atoms with Gasteiger partial charge in [0.15, 0.2) is 0 Å². The molecule has 4 unspecified atom stereocenters. The highest BCUT2D eigenvalue weighted by atomic mass is 16.6. The number of aromatic hydroxyl groups is 1. The third-order valence-electron chi connectivity index (χ3n) is 5.00. The fourth-order valence-corrected chi connectivity index (χ4v) is 3.92. The fraction of sp³-hybridized carbons (Fsp3) is 0.312. The minimum Gasteiger partial charge on any atom is -0.502 e. The van der Waals surface area contributed by atoms with E-state index < -0.39 is 16.4 Å². The van der Waals surface area contributed by atoms with E-state index in [9.17, 15) is 24.8 Å². The molecule has 3 aliphatic rings. The fourth-order valence-electron chi connectivity index (χ4n) is 3.92. The number of imide groups is 1. The molecule has 1 saturated carbocycles. The molecular formula is C16H13N3O5. The number of benzene rings is 1. The van der Waals surface area contributed by atoms with Gasteiger partial charge in [-0.05, 0) is 24.3 Å². The number of amides is 2. The third kappa shape index (κ3) is 1.89. The van der Waals surface area contributed by atoms with Gasteiger partial charge in [-0.25, -0.2) is 0 Å². The van der Waals surface area contributed by atoms with Crippen molar-refractivity contribution >= 4 is 23.7 Å². The molecule has 0 aromatic heterocycles. The van der Waals surface area contributed by atoms with Crippen molar-refractivity contribution in [3.63, 3.8) is 0 Å². The SMILES string of the molecule is O=C1C2C3C=CC(C3)C2C(=O)N1N=Cc1cccc([N+](=O)[O-])c1O. The van der Waals surface area contributed by atoms with Gasteiger partial charge in [-0.15, -0.1) is 0 Å². The highest BCUT2D eigenvalue weighted by Gasteiger charge is 2.59. The van der Waals surface area contributed by atoms with Gasteiger partial charge in [-0.3, -0.25) is 19.7 Å². The van der Waals surface area contributed by atoms with Gasteiger partial charge in [0.25, 0.3) is 11.8 Å². The number of nitrogens with zero attached hydrogens (tertiary/aromatic N) is 3. The normalized spacial score (nSPS) is 30.6. The lowest BCUT2D eigenvalue weighted by molar-refractivity contribution is -0.385. The van der Waals surface area contributed by atoms with Crippen LogP contribution in [-0.2, 0) is 9.59 Å². The first-order valence-electron chi connectivity index (χ1n) is 7.55. The van der Waals surface area contributed by atoms with E-state index in [0.29, 0.717) is 0 Å². The first-order chi connectivity index (χ1) is 11.5. The second-order valence-corrected chi connectivity index (χ2v) is 6.20. The zero-order valence-corrected chi connectivity index (χ0v) is 12.4. The Labute approximate surface area is 136 Å². The molecule has 1 aromatic carbocycles. The Morgan fingerprint density at radius 3 is 2.42 bits per heavy atom. The van der Waals surface area contributed by atoms with Crippen LogP contribution in [0.4, 0.5) is 5.69 Å². The number of fused-ring (bicyclic) bond motifs is 5. The van der Waals surface area contributed by atoms with Crippen molar-refractivity contribution in [1.82, 2.24) is 5.01 Å². The number of hydrogen-bond acceptors (Lipinski definition) is 6. The number of allylic oxidation sites excluding steroid dienone is 2. The molecule has 0 spiro atoms. The lowest BCUT2D eigenvalue weighted by Gasteiger charge is -2.13. The Morgan fingerprint density at radius 2 is 1.83 bits per heavy atom. The van der Waals surface area contributed by atoms with Gasteiger partial charge >= 0.3 is 5.69 Å². The van der Waals surface area contributed by atoms with Crippen molar-refractivity contribution in [2.75, 3.05) is 0 Å². The molecule has 8 nitrogen and oxygen atoms in total. The van der Waals surface area contributed by atoms with Crippen LogP contribution in [0.15, 0.2) is 35.5 Å². The summed E-state index contributed by atoms with van der Waals surface area (Å²) in [6.07, 6.45) is 5.90. The van der Waals surface area contributed by atoms with Crippen molar-refractivity contribution < 1.29 is 19.6 Å². The van der Waals surface area contributed by atoms with E-state index in [1.54, 1.807) is 0 Å². The molecule has 2 fully saturated rings. The maximum atomic E-state index is 12.5. The molecule has 0 radical (unpaired) electrons. The van der Waals surface area contributed by atoms with E-state index >= 15 is 0 Å². The summed E-state index contributed by atoms with van der Waals surface area (Å²) in [5.41, 5.74) is -0.389. The standard InChI is InChI=1S/C16H13N3O5/c20-14-10(2-1-3-11(14)19(23)24)7-17-18-15(21)12-8-4-5-9(6-8)13(12)16(18)22/h1-5,7-9,12-13,20H,6H2. The highest BCUT2D eigenvalue weighted by molar-refractivity contribution is 6.07. The van der Waals surface area contributed by atoms with Gasteiger partial charge in [0.05, 0.1) is 23.0 Å². The zero-order valence-electron chi connectivity index (χ0n) is 12.4. The van der Waals surface area contributed by atoms with E-state index in [-0.39, 0.29) is 41.0 Å². The molecular weight excluding hydrogens is 314 g/mol. The highest BCUT2D eigenvalue weighted by Crippen LogP contribution is 2.52. The van der Waals surface area contributed by atoms with Crippen LogP contribution in [0, 0.1) is 33.8 Å². The summed E-state index contributed by atoms with van der Waals surface area (Å²) in [5, 5.41) is 25.4. The number of para-hydroxylation sites is 1. The third-order valence-corrected chi connectivity index (χ3v) is 5.00. The predicted octanol–water partition coefficient (Wildman–Crippen LogP) is 1.44. The lowest BCUT2D eigenvalue weighted by atomic mass is 9.85. The monoisotopic (exact) mass is 327 g/mol. The second kappa shape index (κ2) is 4.98. The molecule has 1 aromatic rings. The number of rotatable bonds is 3. The Kier molecular flexibility index (Phi) is 3.02. The van der Waals surface area contributed by atoms with Gasteiger partial charge in [0.2, 0.25) is 5.75 Å². The molecule has 4 rings (SSSR count). The van der Waals surface area contributed by atoms with Gasteiger partial charge in [-0.2, -0.15) is 10.1 Å². The van der Waals surface area contributed by atoms with Crippen LogP contribution >= 0.6 is 0 Å². The van der Waals surface area contributed by atoms with Crippen LogP contribution in [0.25, 0.3) is 0 Å².